The van der Waals surface area contributed by atoms with Crippen molar-refractivity contribution in [1.82, 2.24) is 40.1 Å². The number of alkyl halides is 3. The minimum absolute atomic E-state index is 0.00614. The van der Waals surface area contributed by atoms with Crippen molar-refractivity contribution in [2.45, 2.75) is 18.6 Å². The van der Waals surface area contributed by atoms with Crippen LogP contribution in [0.3, 0.4) is 0 Å². The lowest BCUT2D eigenvalue weighted by Gasteiger charge is -2.18. The lowest BCUT2D eigenvalue weighted by atomic mass is 10.0. The molecule has 208 valence electrons. The van der Waals surface area contributed by atoms with Crippen LogP contribution in [-0.4, -0.2) is 52.7 Å². The molecule has 0 saturated heterocycles. The summed E-state index contributed by atoms with van der Waals surface area (Å²) in [7, 11) is 0. The fraction of sp³-hybridized carbons (Fsp3) is 0.115. The Morgan fingerprint density at radius 2 is 1.85 bits per heavy atom. The van der Waals surface area contributed by atoms with E-state index >= 15 is 0 Å². The van der Waals surface area contributed by atoms with Gasteiger partial charge < -0.3 is 10.6 Å². The third-order valence-electron chi connectivity index (χ3n) is 5.86. The second kappa shape index (κ2) is 11.6. The van der Waals surface area contributed by atoms with E-state index in [0.717, 1.165) is 16.2 Å². The summed E-state index contributed by atoms with van der Waals surface area (Å²) in [6.07, 6.45) is 0.592. The highest BCUT2D eigenvalue weighted by atomic mass is 35.5. The number of nitrogens with zero attached hydrogens (tertiary/aromatic N) is 7. The Labute approximate surface area is 234 Å². The van der Waals surface area contributed by atoms with Gasteiger partial charge in [-0.25, -0.2) is 0 Å². The number of aromatic nitrogens is 7. The van der Waals surface area contributed by atoms with Gasteiger partial charge >= 0.3 is 6.18 Å². The highest BCUT2D eigenvalue weighted by molar-refractivity contribution is 6.30. The maximum absolute atomic E-state index is 13.4. The van der Waals surface area contributed by atoms with Crippen LogP contribution in [-0.2, 0) is 22.2 Å². The molecule has 11 nitrogen and oxygen atoms in total. The van der Waals surface area contributed by atoms with E-state index in [2.05, 4.69) is 36.4 Å². The molecule has 5 aromatic rings. The molecule has 3 aromatic heterocycles. The molecule has 0 spiro atoms. The van der Waals surface area contributed by atoms with Crippen molar-refractivity contribution in [2.24, 2.45) is 0 Å². The Morgan fingerprint density at radius 3 is 2.59 bits per heavy atom. The molecule has 2 amide bonds. The van der Waals surface area contributed by atoms with Crippen LogP contribution < -0.4 is 10.6 Å². The van der Waals surface area contributed by atoms with Crippen molar-refractivity contribution in [1.29, 1.82) is 0 Å². The van der Waals surface area contributed by atoms with E-state index in [0.29, 0.717) is 16.3 Å². The van der Waals surface area contributed by atoms with Crippen LogP contribution in [0, 0.1) is 0 Å². The fourth-order valence-electron chi connectivity index (χ4n) is 4.01. The summed E-state index contributed by atoms with van der Waals surface area (Å²) in [6, 6.07) is 15.5. The SMILES string of the molecule is O=C(/C=C/c1cc(Cl)ccc1-n1cnnn1)NC(Cc1ccccc1)C(=O)Nc1cccn2c(C(F)(F)F)nnc12. The Kier molecular flexibility index (Phi) is 7.74. The molecule has 3 heterocycles. The van der Waals surface area contributed by atoms with E-state index in [1.807, 2.05) is 0 Å². The van der Waals surface area contributed by atoms with Crippen LogP contribution in [0.4, 0.5) is 18.9 Å². The van der Waals surface area contributed by atoms with E-state index in [1.54, 1.807) is 48.5 Å². The predicted molar refractivity (Wildman–Crippen MR) is 142 cm³/mol. The molecule has 0 aliphatic carbocycles. The summed E-state index contributed by atoms with van der Waals surface area (Å²) in [4.78, 5) is 26.3. The number of carbonyl (C=O) groups excluding carboxylic acids is 2. The van der Waals surface area contributed by atoms with Gasteiger partial charge in [0.25, 0.3) is 0 Å². The number of amides is 2. The highest BCUT2D eigenvalue weighted by Gasteiger charge is 2.37. The zero-order valence-corrected chi connectivity index (χ0v) is 21.6. The van der Waals surface area contributed by atoms with Crippen molar-refractivity contribution in [3.63, 3.8) is 0 Å². The maximum Gasteiger partial charge on any atom is 0.452 e. The van der Waals surface area contributed by atoms with Crippen molar-refractivity contribution in [3.05, 3.63) is 101 Å². The van der Waals surface area contributed by atoms with Crippen molar-refractivity contribution >= 4 is 40.8 Å². The predicted octanol–water partition coefficient (Wildman–Crippen LogP) is 3.76. The van der Waals surface area contributed by atoms with E-state index in [4.69, 9.17) is 11.6 Å². The van der Waals surface area contributed by atoms with Gasteiger partial charge in [0.15, 0.2) is 5.65 Å². The zero-order chi connectivity index (χ0) is 29.0. The first-order valence-electron chi connectivity index (χ1n) is 12.0. The number of halogens is 4. The van der Waals surface area contributed by atoms with Gasteiger partial charge in [0, 0.05) is 29.3 Å². The van der Waals surface area contributed by atoms with Crippen LogP contribution in [0.1, 0.15) is 17.0 Å². The van der Waals surface area contributed by atoms with Gasteiger partial charge in [-0.05, 0) is 52.4 Å². The summed E-state index contributed by atoms with van der Waals surface area (Å²) >= 11 is 6.13. The topological polar surface area (TPSA) is 132 Å². The van der Waals surface area contributed by atoms with Crippen molar-refractivity contribution < 1.29 is 22.8 Å². The Balaban J connectivity index is 1.39. The summed E-state index contributed by atoms with van der Waals surface area (Å²) in [5, 5.41) is 23.5. The molecule has 15 heteroatoms. The Morgan fingerprint density at radius 1 is 1.05 bits per heavy atom. The molecule has 0 fully saturated rings. The molecule has 1 unspecified atom stereocenters. The standard InChI is InChI=1S/C26H19ClF3N9O2/c27-18-9-10-21(39-15-31-36-37-39)17(14-18)8-11-22(40)32-20(13-16-5-2-1-3-6-16)24(41)33-19-7-4-12-38-23(19)34-35-25(38)26(28,29)30/h1-12,14-15,20H,13H2,(H,32,40)(H,33,41)/b11-8+. The average molecular weight is 582 g/mol. The van der Waals surface area contributed by atoms with E-state index in [9.17, 15) is 22.8 Å². The van der Waals surface area contributed by atoms with Crippen LogP contribution in [0.5, 0.6) is 0 Å². The summed E-state index contributed by atoms with van der Waals surface area (Å²) in [5.74, 6) is -2.51. The molecule has 41 heavy (non-hydrogen) atoms. The quantitative estimate of drug-likeness (QED) is 0.267. The fourth-order valence-corrected chi connectivity index (χ4v) is 4.19. The lowest BCUT2D eigenvalue weighted by molar-refractivity contribution is -0.145. The number of hydrogen-bond acceptors (Lipinski definition) is 7. The van der Waals surface area contributed by atoms with E-state index in [-0.39, 0.29) is 17.8 Å². The molecule has 0 aliphatic rings. The zero-order valence-electron chi connectivity index (χ0n) is 20.8. The molecule has 0 aliphatic heterocycles. The van der Waals surface area contributed by atoms with Crippen molar-refractivity contribution in [3.8, 4) is 5.69 Å². The summed E-state index contributed by atoms with van der Waals surface area (Å²) in [5.41, 5.74) is 1.62. The number of anilines is 1. The molecule has 2 aromatic carbocycles. The number of nitrogens with one attached hydrogen (secondary N) is 2. The van der Waals surface area contributed by atoms with Crippen LogP contribution in [0.15, 0.2) is 79.3 Å². The second-order valence-corrected chi connectivity index (χ2v) is 9.10. The Bertz CT molecular complexity index is 1720. The summed E-state index contributed by atoms with van der Waals surface area (Å²) in [6.45, 7) is 0. The minimum Gasteiger partial charge on any atom is -0.340 e. The smallest absolute Gasteiger partial charge is 0.340 e. The molecular formula is C26H19ClF3N9O2. The monoisotopic (exact) mass is 581 g/mol. The van der Waals surface area contributed by atoms with Gasteiger partial charge in [0.2, 0.25) is 17.6 Å². The molecule has 5 rings (SSSR count). The largest absolute Gasteiger partial charge is 0.452 e. The van der Waals surface area contributed by atoms with Gasteiger partial charge in [0.05, 0.1) is 11.4 Å². The molecule has 1 atom stereocenters. The molecule has 0 radical (unpaired) electrons. The number of hydrogen-bond donors (Lipinski definition) is 2. The maximum atomic E-state index is 13.4. The van der Waals surface area contributed by atoms with Gasteiger partial charge in [-0.1, -0.05) is 41.9 Å². The van der Waals surface area contributed by atoms with Gasteiger partial charge in [-0.2, -0.15) is 17.9 Å². The third-order valence-corrected chi connectivity index (χ3v) is 6.10. The summed E-state index contributed by atoms with van der Waals surface area (Å²) < 4.78 is 42.0. The van der Waals surface area contributed by atoms with E-state index < -0.39 is 29.9 Å². The number of fused-ring (bicyclic) bond motifs is 1. The number of tetrazole rings is 1. The van der Waals surface area contributed by atoms with Crippen LogP contribution in [0.25, 0.3) is 17.4 Å². The van der Waals surface area contributed by atoms with Gasteiger partial charge in [-0.3, -0.25) is 14.0 Å². The Hall–Kier alpha value is -5.11. The number of rotatable bonds is 8. The molecule has 0 bridgehead atoms. The minimum atomic E-state index is -4.74. The molecule has 0 saturated carbocycles. The van der Waals surface area contributed by atoms with Gasteiger partial charge in [-0.15, -0.1) is 15.3 Å². The average Bonchev–Trinajstić information content (AvgIpc) is 3.63. The first-order valence-corrected chi connectivity index (χ1v) is 12.3. The molecular weight excluding hydrogens is 563 g/mol. The lowest BCUT2D eigenvalue weighted by Crippen LogP contribution is -2.44. The van der Waals surface area contributed by atoms with Crippen molar-refractivity contribution in [2.75, 3.05) is 5.32 Å². The second-order valence-electron chi connectivity index (χ2n) is 8.67. The van der Waals surface area contributed by atoms with E-state index in [1.165, 1.54) is 35.3 Å². The first-order chi connectivity index (χ1) is 19.7. The van der Waals surface area contributed by atoms with Gasteiger partial charge in [0.1, 0.15) is 12.4 Å². The normalized spacial score (nSPS) is 12.5. The number of benzene rings is 2. The number of carbonyl (C=O) groups is 2. The first kappa shape index (κ1) is 27.5. The highest BCUT2D eigenvalue weighted by Crippen LogP contribution is 2.29. The van der Waals surface area contributed by atoms with Crippen LogP contribution in [0.2, 0.25) is 5.02 Å². The third kappa shape index (κ3) is 6.38. The van der Waals surface area contributed by atoms with Crippen LogP contribution >= 0.6 is 11.6 Å². The number of pyridine rings is 1. The molecule has 2 N–H and O–H groups in total.